The third-order valence-corrected chi connectivity index (χ3v) is 8.17. The van der Waals surface area contributed by atoms with Crippen LogP contribution in [0.5, 0.6) is 0 Å². The Labute approximate surface area is 247 Å². The first-order valence-electron chi connectivity index (χ1n) is 14.3. The smallest absolute Gasteiger partial charge is 0.00201 e. The molecule has 0 aromatic heterocycles. The van der Waals surface area contributed by atoms with E-state index in [1.165, 1.54) is 65.7 Å². The summed E-state index contributed by atoms with van der Waals surface area (Å²) in [5, 5.41) is 7.49. The van der Waals surface area contributed by atoms with Crippen molar-refractivity contribution in [3.05, 3.63) is 176 Å². The van der Waals surface area contributed by atoms with Gasteiger partial charge in [0.15, 0.2) is 0 Å². The van der Waals surface area contributed by atoms with Gasteiger partial charge in [-0.2, -0.15) is 0 Å². The molecule has 0 heteroatoms. The summed E-state index contributed by atoms with van der Waals surface area (Å²) in [6.07, 6.45) is 5.77. The number of allylic oxidation sites excluding steroid dienone is 4. The summed E-state index contributed by atoms with van der Waals surface area (Å²) in [6, 6.07) is 50.5. The van der Waals surface area contributed by atoms with Crippen LogP contribution in [0.15, 0.2) is 171 Å². The Morgan fingerprint density at radius 2 is 1.00 bits per heavy atom. The minimum absolute atomic E-state index is 1.05. The molecule has 0 aliphatic heterocycles. The van der Waals surface area contributed by atoms with Crippen LogP contribution in [0.3, 0.4) is 0 Å². The normalized spacial score (nSPS) is 11.7. The van der Waals surface area contributed by atoms with Gasteiger partial charge in [0.25, 0.3) is 0 Å². The number of hydrogen-bond acceptors (Lipinski definition) is 0. The lowest BCUT2D eigenvalue weighted by atomic mass is 9.83. The lowest BCUT2D eigenvalue weighted by Crippen LogP contribution is -1.93. The fraction of sp³-hybridized carbons (Fsp3) is 0. The highest BCUT2D eigenvalue weighted by atomic mass is 14.2. The second-order valence-corrected chi connectivity index (χ2v) is 10.6. The van der Waals surface area contributed by atoms with E-state index in [0.717, 1.165) is 11.1 Å². The zero-order chi connectivity index (χ0) is 28.5. The van der Waals surface area contributed by atoms with Crippen molar-refractivity contribution in [1.29, 1.82) is 0 Å². The zero-order valence-electron chi connectivity index (χ0n) is 23.4. The van der Waals surface area contributed by atoms with Crippen LogP contribution in [-0.4, -0.2) is 0 Å². The van der Waals surface area contributed by atoms with Gasteiger partial charge in [-0.05, 0) is 95.0 Å². The summed E-state index contributed by atoms with van der Waals surface area (Å²) in [6.45, 7) is 8.07. The quantitative estimate of drug-likeness (QED) is 0.147. The van der Waals surface area contributed by atoms with Crippen LogP contribution in [0.25, 0.3) is 71.3 Å². The van der Waals surface area contributed by atoms with Crippen LogP contribution in [0, 0.1) is 0 Å². The van der Waals surface area contributed by atoms with Gasteiger partial charge in [0.05, 0.1) is 0 Å². The Balaban J connectivity index is 1.61. The Hall–Kier alpha value is -5.46. The molecular weight excluding hydrogens is 504 g/mol. The second kappa shape index (κ2) is 10.8. The average Bonchev–Trinajstić information content (AvgIpc) is 3.06. The van der Waals surface area contributed by atoms with Crippen LogP contribution in [0.4, 0.5) is 0 Å². The molecule has 0 fully saturated rings. The molecule has 7 rings (SSSR count). The molecular formula is C42H30. The maximum absolute atomic E-state index is 4.11. The molecule has 198 valence electrons. The van der Waals surface area contributed by atoms with Gasteiger partial charge in [0.1, 0.15) is 0 Å². The zero-order valence-corrected chi connectivity index (χ0v) is 23.4. The van der Waals surface area contributed by atoms with Gasteiger partial charge >= 0.3 is 0 Å². The summed E-state index contributed by atoms with van der Waals surface area (Å²) in [5.41, 5.74) is 9.48. The molecule has 42 heavy (non-hydrogen) atoms. The Kier molecular flexibility index (Phi) is 6.58. The van der Waals surface area contributed by atoms with Gasteiger partial charge in [-0.15, -0.1) is 0 Å². The SMILES string of the molecule is C=C/C=C(\C=C)c1cc(-c2ccccc2)cc(-c2c3ccccc3c(-c3cccc4ccccc34)c3ccccc23)c1. The van der Waals surface area contributed by atoms with Crippen LogP contribution in [0.2, 0.25) is 0 Å². The van der Waals surface area contributed by atoms with Crippen molar-refractivity contribution in [3.63, 3.8) is 0 Å². The maximum Gasteiger partial charge on any atom is -0.00201 e. The fourth-order valence-corrected chi connectivity index (χ4v) is 6.32. The van der Waals surface area contributed by atoms with Gasteiger partial charge in [-0.3, -0.25) is 0 Å². The largest absolute Gasteiger partial charge is 0.0990 e. The number of hydrogen-bond donors (Lipinski definition) is 0. The van der Waals surface area contributed by atoms with Crippen LogP contribution in [-0.2, 0) is 0 Å². The van der Waals surface area contributed by atoms with Crippen molar-refractivity contribution >= 4 is 37.9 Å². The third kappa shape index (κ3) is 4.35. The predicted octanol–water partition coefficient (Wildman–Crippen LogP) is 11.9. The third-order valence-electron chi connectivity index (χ3n) is 8.17. The second-order valence-electron chi connectivity index (χ2n) is 10.6. The Morgan fingerprint density at radius 3 is 1.64 bits per heavy atom. The average molecular weight is 535 g/mol. The molecule has 0 aliphatic carbocycles. The van der Waals surface area contributed by atoms with Gasteiger partial charge in [0, 0.05) is 0 Å². The molecule has 0 heterocycles. The van der Waals surface area contributed by atoms with Crippen molar-refractivity contribution in [1.82, 2.24) is 0 Å². The van der Waals surface area contributed by atoms with Gasteiger partial charge in [0.2, 0.25) is 0 Å². The van der Waals surface area contributed by atoms with E-state index in [-0.39, 0.29) is 0 Å². The minimum atomic E-state index is 1.05. The molecule has 0 radical (unpaired) electrons. The van der Waals surface area contributed by atoms with Crippen LogP contribution < -0.4 is 0 Å². The molecule has 0 nitrogen and oxygen atoms in total. The van der Waals surface area contributed by atoms with E-state index in [1.54, 1.807) is 0 Å². The molecule has 0 spiro atoms. The monoisotopic (exact) mass is 534 g/mol. The molecule has 0 aliphatic rings. The minimum Gasteiger partial charge on any atom is -0.0990 e. The molecule has 0 unspecified atom stereocenters. The molecule has 0 amide bonds. The first kappa shape index (κ1) is 25.5. The number of fused-ring (bicyclic) bond motifs is 3. The lowest BCUT2D eigenvalue weighted by molar-refractivity contribution is 1.57. The molecule has 0 atom stereocenters. The summed E-state index contributed by atoms with van der Waals surface area (Å²) < 4.78 is 0. The first-order chi connectivity index (χ1) is 20.8. The maximum atomic E-state index is 4.11. The molecule has 0 saturated heterocycles. The van der Waals surface area contributed by atoms with E-state index in [1.807, 2.05) is 18.2 Å². The van der Waals surface area contributed by atoms with Crippen molar-refractivity contribution in [2.24, 2.45) is 0 Å². The van der Waals surface area contributed by atoms with Gasteiger partial charge in [-0.25, -0.2) is 0 Å². The van der Waals surface area contributed by atoms with Crippen molar-refractivity contribution in [3.8, 4) is 33.4 Å². The molecule has 0 saturated carbocycles. The number of rotatable bonds is 6. The van der Waals surface area contributed by atoms with E-state index in [4.69, 9.17) is 0 Å². The molecule has 0 N–H and O–H groups in total. The van der Waals surface area contributed by atoms with E-state index in [9.17, 15) is 0 Å². The van der Waals surface area contributed by atoms with Crippen molar-refractivity contribution in [2.45, 2.75) is 0 Å². The molecule has 7 aromatic rings. The Bertz CT molecular complexity index is 2100. The summed E-state index contributed by atoms with van der Waals surface area (Å²) in [7, 11) is 0. The predicted molar refractivity (Wildman–Crippen MR) is 184 cm³/mol. The lowest BCUT2D eigenvalue weighted by Gasteiger charge is -2.20. The highest BCUT2D eigenvalue weighted by molar-refractivity contribution is 6.23. The van der Waals surface area contributed by atoms with Crippen LogP contribution >= 0.6 is 0 Å². The molecule has 7 aromatic carbocycles. The van der Waals surface area contributed by atoms with E-state index in [0.29, 0.717) is 0 Å². The van der Waals surface area contributed by atoms with E-state index in [2.05, 4.69) is 153 Å². The molecule has 0 bridgehead atoms. The summed E-state index contributed by atoms with van der Waals surface area (Å²) in [5.74, 6) is 0. The van der Waals surface area contributed by atoms with E-state index >= 15 is 0 Å². The summed E-state index contributed by atoms with van der Waals surface area (Å²) in [4.78, 5) is 0. The standard InChI is InChI=1S/C42H30/c1-3-15-29(4-2)32-26-33(30-16-6-5-7-17-30)28-34(27-32)41-37-21-10-12-23-39(37)42(40-24-13-11-22-38(40)41)36-25-14-19-31-18-8-9-20-35(31)36/h3-28H,1-2H2/b29-15+. The van der Waals surface area contributed by atoms with Gasteiger partial charge < -0.3 is 0 Å². The highest BCUT2D eigenvalue weighted by Gasteiger charge is 2.19. The summed E-state index contributed by atoms with van der Waals surface area (Å²) >= 11 is 0. The van der Waals surface area contributed by atoms with Crippen molar-refractivity contribution in [2.75, 3.05) is 0 Å². The topological polar surface area (TPSA) is 0 Å². The highest BCUT2D eigenvalue weighted by Crippen LogP contribution is 2.46. The fourth-order valence-electron chi connectivity index (χ4n) is 6.32. The first-order valence-corrected chi connectivity index (χ1v) is 14.3. The van der Waals surface area contributed by atoms with Crippen LogP contribution in [0.1, 0.15) is 5.56 Å². The van der Waals surface area contributed by atoms with Gasteiger partial charge in [-0.1, -0.05) is 153 Å². The van der Waals surface area contributed by atoms with E-state index < -0.39 is 0 Å². The Morgan fingerprint density at radius 1 is 0.452 bits per heavy atom. The number of benzene rings is 7. The van der Waals surface area contributed by atoms with Crippen molar-refractivity contribution < 1.29 is 0 Å².